The first-order chi connectivity index (χ1) is 27.2. The SMILES string of the molecule is [C-]#[N+]c1ccc2c3ccccc3n(-c3ccc4c(c3)c3ccccc3n4-c3ccc(-c4ccc(-n5c6ccccc6c6ccccc65)c([N+]#[C-])c4)cc3)c2c1. The number of hydrogen-bond donors (Lipinski definition) is 0. The largest absolute Gasteiger partial charge is 0.319 e. The van der Waals surface area contributed by atoms with Crippen molar-refractivity contribution < 1.29 is 0 Å². The van der Waals surface area contributed by atoms with Crippen molar-refractivity contribution in [2.24, 2.45) is 0 Å². The number of hydrogen-bond acceptors (Lipinski definition) is 0. The number of para-hydroxylation sites is 4. The average Bonchev–Trinajstić information content (AvgIpc) is 3.88. The van der Waals surface area contributed by atoms with E-state index in [2.05, 4.69) is 181 Å². The summed E-state index contributed by atoms with van der Waals surface area (Å²) in [5, 5.41) is 6.99. The fourth-order valence-electron chi connectivity index (χ4n) is 8.65. The third-order valence-corrected chi connectivity index (χ3v) is 11.1. The normalized spacial score (nSPS) is 11.6. The molecule has 0 unspecified atom stereocenters. The molecular formula is C50H29N5. The van der Waals surface area contributed by atoms with Crippen molar-refractivity contribution >= 4 is 76.8 Å². The van der Waals surface area contributed by atoms with Gasteiger partial charge in [0.1, 0.15) is 0 Å². The van der Waals surface area contributed by atoms with E-state index in [9.17, 15) is 0 Å². The molecule has 11 aromatic rings. The second-order valence-corrected chi connectivity index (χ2v) is 14.0. The maximum Gasteiger partial charge on any atom is 0.211 e. The van der Waals surface area contributed by atoms with E-state index in [1.165, 1.54) is 21.5 Å². The van der Waals surface area contributed by atoms with Gasteiger partial charge in [-0.1, -0.05) is 103 Å². The van der Waals surface area contributed by atoms with E-state index in [1.807, 2.05) is 18.2 Å². The van der Waals surface area contributed by atoms with Gasteiger partial charge in [-0.2, -0.15) is 0 Å². The Morgan fingerprint density at radius 3 is 1.42 bits per heavy atom. The van der Waals surface area contributed by atoms with E-state index >= 15 is 0 Å². The first kappa shape index (κ1) is 30.7. The van der Waals surface area contributed by atoms with E-state index in [-0.39, 0.29) is 0 Å². The third-order valence-electron chi connectivity index (χ3n) is 11.1. The van der Waals surface area contributed by atoms with Gasteiger partial charge >= 0.3 is 0 Å². The van der Waals surface area contributed by atoms with Crippen LogP contribution in [-0.4, -0.2) is 13.7 Å². The second kappa shape index (κ2) is 11.8. The van der Waals surface area contributed by atoms with Crippen LogP contribution >= 0.6 is 0 Å². The van der Waals surface area contributed by atoms with Gasteiger partial charge in [-0.25, -0.2) is 9.69 Å². The minimum Gasteiger partial charge on any atom is -0.319 e. The summed E-state index contributed by atoms with van der Waals surface area (Å²) in [6.07, 6.45) is 0. The van der Waals surface area contributed by atoms with Crippen LogP contribution in [0.3, 0.4) is 0 Å². The number of fused-ring (bicyclic) bond motifs is 9. The molecule has 0 N–H and O–H groups in total. The highest BCUT2D eigenvalue weighted by Gasteiger charge is 2.18. The molecule has 0 aliphatic rings. The van der Waals surface area contributed by atoms with Crippen LogP contribution in [-0.2, 0) is 0 Å². The van der Waals surface area contributed by atoms with Crippen LogP contribution < -0.4 is 0 Å². The molecule has 0 atom stereocenters. The van der Waals surface area contributed by atoms with Crippen molar-refractivity contribution in [1.82, 2.24) is 13.7 Å². The van der Waals surface area contributed by atoms with Gasteiger partial charge < -0.3 is 13.7 Å². The van der Waals surface area contributed by atoms with Crippen LogP contribution in [0.1, 0.15) is 0 Å². The Morgan fingerprint density at radius 1 is 0.327 bits per heavy atom. The van der Waals surface area contributed by atoms with E-state index in [0.29, 0.717) is 11.4 Å². The minimum absolute atomic E-state index is 0.611. The fourth-order valence-corrected chi connectivity index (χ4v) is 8.65. The topological polar surface area (TPSA) is 23.5 Å². The maximum atomic E-state index is 8.20. The molecule has 0 fully saturated rings. The third kappa shape index (κ3) is 4.51. The van der Waals surface area contributed by atoms with E-state index in [0.717, 1.165) is 72.1 Å². The van der Waals surface area contributed by atoms with Crippen LogP contribution in [0, 0.1) is 13.1 Å². The highest BCUT2D eigenvalue weighted by Crippen LogP contribution is 2.40. The van der Waals surface area contributed by atoms with Crippen molar-refractivity contribution in [2.75, 3.05) is 0 Å². The van der Waals surface area contributed by atoms with Gasteiger partial charge in [-0.3, -0.25) is 0 Å². The van der Waals surface area contributed by atoms with Crippen LogP contribution in [0.15, 0.2) is 176 Å². The van der Waals surface area contributed by atoms with E-state index in [4.69, 9.17) is 13.1 Å². The Labute approximate surface area is 316 Å². The standard InChI is InChI=1S/C50H29N5/c1-51-34-22-26-41-39-13-3-7-15-44(39)54(50(41)30-34)36-25-28-48-42(31-36)40-14-6-8-16-45(40)53(48)35-23-19-32(20-24-35)33-21-27-49(43(29-33)52-2)55-46-17-9-4-11-37(46)38-12-5-10-18-47(38)55/h3-31H. The zero-order chi connectivity index (χ0) is 36.6. The lowest BCUT2D eigenvalue weighted by atomic mass is 10.0. The Hall–Kier alpha value is -7.86. The van der Waals surface area contributed by atoms with Gasteiger partial charge in [0.05, 0.1) is 46.4 Å². The van der Waals surface area contributed by atoms with Crippen molar-refractivity contribution in [3.63, 3.8) is 0 Å². The lowest BCUT2D eigenvalue weighted by molar-refractivity contribution is 1.17. The van der Waals surface area contributed by atoms with Gasteiger partial charge in [-0.15, -0.1) is 0 Å². The molecule has 0 spiro atoms. The van der Waals surface area contributed by atoms with Crippen LogP contribution in [0.4, 0.5) is 11.4 Å². The molecule has 0 aliphatic heterocycles. The molecule has 0 amide bonds. The van der Waals surface area contributed by atoms with Gasteiger partial charge in [-0.05, 0) is 83.9 Å². The predicted octanol–water partition coefficient (Wildman–Crippen LogP) is 13.7. The summed E-state index contributed by atoms with van der Waals surface area (Å²) in [5.41, 5.74) is 12.9. The van der Waals surface area contributed by atoms with Crippen LogP contribution in [0.25, 0.3) is 103 Å². The highest BCUT2D eigenvalue weighted by molar-refractivity contribution is 6.13. The molecule has 0 saturated carbocycles. The second-order valence-electron chi connectivity index (χ2n) is 14.0. The lowest BCUT2D eigenvalue weighted by Gasteiger charge is -2.13. The molecule has 0 bridgehead atoms. The van der Waals surface area contributed by atoms with Crippen molar-refractivity contribution in [2.45, 2.75) is 0 Å². The molecule has 0 aliphatic carbocycles. The summed E-state index contributed by atoms with van der Waals surface area (Å²) in [7, 11) is 0. The number of benzene rings is 8. The minimum atomic E-state index is 0.611. The number of aromatic nitrogens is 3. The maximum absolute atomic E-state index is 8.20. The average molecular weight is 700 g/mol. The monoisotopic (exact) mass is 699 g/mol. The summed E-state index contributed by atoms with van der Waals surface area (Å²) in [6, 6.07) is 61.3. The molecule has 3 heterocycles. The van der Waals surface area contributed by atoms with Gasteiger partial charge in [0.25, 0.3) is 0 Å². The number of rotatable bonds is 4. The van der Waals surface area contributed by atoms with Crippen molar-refractivity contribution in [3.05, 3.63) is 199 Å². The molecule has 0 saturated heterocycles. The van der Waals surface area contributed by atoms with E-state index < -0.39 is 0 Å². The first-order valence-electron chi connectivity index (χ1n) is 18.3. The highest BCUT2D eigenvalue weighted by atomic mass is 15.0. The summed E-state index contributed by atoms with van der Waals surface area (Å²) >= 11 is 0. The van der Waals surface area contributed by atoms with Gasteiger partial charge in [0.2, 0.25) is 5.69 Å². The lowest BCUT2D eigenvalue weighted by Crippen LogP contribution is -1.96. The molecule has 5 heteroatoms. The Morgan fingerprint density at radius 2 is 0.818 bits per heavy atom. The molecule has 254 valence electrons. The summed E-state index contributed by atoms with van der Waals surface area (Å²) in [5.74, 6) is 0. The van der Waals surface area contributed by atoms with Crippen LogP contribution in [0.2, 0.25) is 0 Å². The molecular weight excluding hydrogens is 671 g/mol. The summed E-state index contributed by atoms with van der Waals surface area (Å²) in [6.45, 7) is 15.9. The number of nitrogens with zero attached hydrogens (tertiary/aromatic N) is 5. The smallest absolute Gasteiger partial charge is 0.211 e. The zero-order valence-electron chi connectivity index (χ0n) is 29.5. The van der Waals surface area contributed by atoms with Gasteiger partial charge in [0.15, 0.2) is 5.69 Å². The molecule has 8 aromatic carbocycles. The first-order valence-corrected chi connectivity index (χ1v) is 18.3. The molecule has 0 radical (unpaired) electrons. The van der Waals surface area contributed by atoms with Crippen LogP contribution in [0.5, 0.6) is 0 Å². The predicted molar refractivity (Wildman–Crippen MR) is 227 cm³/mol. The fraction of sp³-hybridized carbons (Fsp3) is 0. The molecule has 5 nitrogen and oxygen atoms in total. The molecule has 55 heavy (non-hydrogen) atoms. The quantitative estimate of drug-likeness (QED) is 0.163. The Balaban J connectivity index is 1.02. The Kier molecular flexibility index (Phi) is 6.61. The Bertz CT molecular complexity index is 3400. The zero-order valence-corrected chi connectivity index (χ0v) is 29.5. The van der Waals surface area contributed by atoms with E-state index in [1.54, 1.807) is 0 Å². The molecule has 11 rings (SSSR count). The summed E-state index contributed by atoms with van der Waals surface area (Å²) < 4.78 is 6.82. The van der Waals surface area contributed by atoms with Crippen molar-refractivity contribution in [1.29, 1.82) is 0 Å². The summed E-state index contributed by atoms with van der Waals surface area (Å²) in [4.78, 5) is 7.77. The van der Waals surface area contributed by atoms with Crippen molar-refractivity contribution in [3.8, 4) is 28.2 Å². The molecule has 3 aromatic heterocycles. The van der Waals surface area contributed by atoms with Gasteiger partial charge in [0, 0.05) is 49.2 Å².